The second kappa shape index (κ2) is 9.04. The Morgan fingerprint density at radius 3 is 2.46 bits per heavy atom. The molecule has 0 heterocycles. The van der Waals surface area contributed by atoms with E-state index in [0.29, 0.717) is 5.56 Å². The van der Waals surface area contributed by atoms with Gasteiger partial charge in [0.2, 0.25) is 0 Å². The standard InChI is InChI=1S/C21H25NO4/c1-4-8-18(16-9-6-5-7-10-16)22-20(24)15(3)26-21(25)17-12-11-14(2)19(23)13-17/h5-7,9-13,15,18,23H,4,8H2,1-3H3,(H,22,24)/t15-,18-/m0/s1. The Kier molecular flexibility index (Phi) is 6.78. The lowest BCUT2D eigenvalue weighted by Crippen LogP contribution is -2.38. The van der Waals surface area contributed by atoms with Gasteiger partial charge in [-0.15, -0.1) is 0 Å². The van der Waals surface area contributed by atoms with Crippen LogP contribution in [-0.2, 0) is 9.53 Å². The maximum absolute atomic E-state index is 12.5. The molecule has 0 fully saturated rings. The van der Waals surface area contributed by atoms with Crippen LogP contribution in [-0.4, -0.2) is 23.1 Å². The van der Waals surface area contributed by atoms with Crippen molar-refractivity contribution in [1.29, 1.82) is 0 Å². The molecule has 0 spiro atoms. The molecule has 0 saturated heterocycles. The van der Waals surface area contributed by atoms with Crippen molar-refractivity contribution < 1.29 is 19.4 Å². The lowest BCUT2D eigenvalue weighted by Gasteiger charge is -2.21. The van der Waals surface area contributed by atoms with E-state index in [4.69, 9.17) is 4.74 Å². The molecule has 5 nitrogen and oxygen atoms in total. The predicted octanol–water partition coefficient (Wildman–Crippen LogP) is 3.90. The quantitative estimate of drug-likeness (QED) is 0.739. The van der Waals surface area contributed by atoms with Crippen LogP contribution in [0.4, 0.5) is 0 Å². The van der Waals surface area contributed by atoms with Crippen LogP contribution in [0.5, 0.6) is 5.75 Å². The first-order valence-electron chi connectivity index (χ1n) is 8.78. The van der Waals surface area contributed by atoms with Crippen molar-refractivity contribution in [1.82, 2.24) is 5.32 Å². The third-order valence-electron chi connectivity index (χ3n) is 4.19. The summed E-state index contributed by atoms with van der Waals surface area (Å²) >= 11 is 0. The molecule has 0 radical (unpaired) electrons. The van der Waals surface area contributed by atoms with Crippen LogP contribution in [0.15, 0.2) is 48.5 Å². The molecular weight excluding hydrogens is 330 g/mol. The number of ether oxygens (including phenoxy) is 1. The molecule has 26 heavy (non-hydrogen) atoms. The van der Waals surface area contributed by atoms with Crippen molar-refractivity contribution in [3.63, 3.8) is 0 Å². The largest absolute Gasteiger partial charge is 0.508 e. The van der Waals surface area contributed by atoms with E-state index in [0.717, 1.165) is 18.4 Å². The van der Waals surface area contributed by atoms with E-state index in [1.54, 1.807) is 19.1 Å². The van der Waals surface area contributed by atoms with E-state index in [1.807, 2.05) is 30.3 Å². The van der Waals surface area contributed by atoms with Crippen LogP contribution in [0.2, 0.25) is 0 Å². The molecule has 0 unspecified atom stereocenters. The number of hydrogen-bond donors (Lipinski definition) is 2. The number of nitrogens with one attached hydrogen (secondary N) is 1. The normalized spacial score (nSPS) is 12.9. The van der Waals surface area contributed by atoms with Gasteiger partial charge in [-0.3, -0.25) is 4.79 Å². The predicted molar refractivity (Wildman–Crippen MR) is 100.0 cm³/mol. The zero-order valence-corrected chi connectivity index (χ0v) is 15.4. The number of rotatable bonds is 7. The van der Waals surface area contributed by atoms with Gasteiger partial charge in [0.1, 0.15) is 5.75 Å². The summed E-state index contributed by atoms with van der Waals surface area (Å²) in [6.07, 6.45) is 0.771. The summed E-state index contributed by atoms with van der Waals surface area (Å²) in [7, 11) is 0. The van der Waals surface area contributed by atoms with Gasteiger partial charge in [-0.05, 0) is 43.5 Å². The lowest BCUT2D eigenvalue weighted by molar-refractivity contribution is -0.129. The summed E-state index contributed by atoms with van der Waals surface area (Å²) < 4.78 is 5.25. The van der Waals surface area contributed by atoms with Crippen molar-refractivity contribution in [2.75, 3.05) is 0 Å². The van der Waals surface area contributed by atoms with E-state index in [9.17, 15) is 14.7 Å². The van der Waals surface area contributed by atoms with Crippen molar-refractivity contribution in [2.24, 2.45) is 0 Å². The van der Waals surface area contributed by atoms with Crippen LogP contribution in [0.3, 0.4) is 0 Å². The summed E-state index contributed by atoms with van der Waals surface area (Å²) in [5, 5.41) is 12.7. The highest BCUT2D eigenvalue weighted by Crippen LogP contribution is 2.20. The summed E-state index contributed by atoms with van der Waals surface area (Å²) in [6.45, 7) is 5.32. The maximum Gasteiger partial charge on any atom is 0.339 e. The fourth-order valence-corrected chi connectivity index (χ4v) is 2.60. The summed E-state index contributed by atoms with van der Waals surface area (Å²) in [4.78, 5) is 24.6. The van der Waals surface area contributed by atoms with E-state index in [2.05, 4.69) is 12.2 Å². The van der Waals surface area contributed by atoms with Gasteiger partial charge in [0.05, 0.1) is 11.6 Å². The summed E-state index contributed by atoms with van der Waals surface area (Å²) in [5.41, 5.74) is 1.89. The Balaban J connectivity index is 2.01. The molecule has 138 valence electrons. The van der Waals surface area contributed by atoms with E-state index in [-0.39, 0.29) is 23.3 Å². The van der Waals surface area contributed by atoms with Crippen LogP contribution in [0, 0.1) is 6.92 Å². The molecule has 5 heteroatoms. The van der Waals surface area contributed by atoms with E-state index >= 15 is 0 Å². The molecule has 2 atom stereocenters. The SMILES string of the molecule is CCC[C@H](NC(=O)[C@H](C)OC(=O)c1ccc(C)c(O)c1)c1ccccc1. The fourth-order valence-electron chi connectivity index (χ4n) is 2.60. The average molecular weight is 355 g/mol. The van der Waals surface area contributed by atoms with Gasteiger partial charge in [-0.25, -0.2) is 4.79 Å². The molecule has 0 bridgehead atoms. The van der Waals surface area contributed by atoms with Gasteiger partial charge in [0.15, 0.2) is 6.10 Å². The second-order valence-corrected chi connectivity index (χ2v) is 6.31. The number of amides is 1. The molecule has 2 aromatic rings. The number of aromatic hydroxyl groups is 1. The Hall–Kier alpha value is -2.82. The maximum atomic E-state index is 12.5. The number of hydrogen-bond acceptors (Lipinski definition) is 4. The van der Waals surface area contributed by atoms with Crippen LogP contribution < -0.4 is 5.32 Å². The number of phenolic OH excluding ortho intramolecular Hbond substituents is 1. The first kappa shape index (κ1) is 19.5. The minimum Gasteiger partial charge on any atom is -0.508 e. The summed E-state index contributed by atoms with van der Waals surface area (Å²) in [6, 6.07) is 14.1. The number of carbonyl (C=O) groups is 2. The highest BCUT2D eigenvalue weighted by Gasteiger charge is 2.22. The number of benzene rings is 2. The second-order valence-electron chi connectivity index (χ2n) is 6.31. The zero-order chi connectivity index (χ0) is 19.1. The highest BCUT2D eigenvalue weighted by molar-refractivity contribution is 5.92. The van der Waals surface area contributed by atoms with Crippen LogP contribution in [0.25, 0.3) is 0 Å². The zero-order valence-electron chi connectivity index (χ0n) is 15.4. The Morgan fingerprint density at radius 1 is 1.15 bits per heavy atom. The van der Waals surface area contributed by atoms with Gasteiger partial charge in [0, 0.05) is 0 Å². The van der Waals surface area contributed by atoms with Gasteiger partial charge in [-0.1, -0.05) is 49.7 Å². The van der Waals surface area contributed by atoms with E-state index in [1.165, 1.54) is 13.0 Å². The van der Waals surface area contributed by atoms with E-state index < -0.39 is 12.1 Å². The monoisotopic (exact) mass is 355 g/mol. The molecule has 0 aliphatic heterocycles. The first-order chi connectivity index (χ1) is 12.4. The Morgan fingerprint density at radius 2 is 1.85 bits per heavy atom. The van der Waals surface area contributed by atoms with Gasteiger partial charge >= 0.3 is 5.97 Å². The Labute approximate surface area is 154 Å². The van der Waals surface area contributed by atoms with Crippen molar-refractivity contribution >= 4 is 11.9 Å². The van der Waals surface area contributed by atoms with Crippen molar-refractivity contribution in [3.8, 4) is 5.75 Å². The molecule has 0 aromatic heterocycles. The third kappa shape index (κ3) is 5.09. The molecule has 1 amide bonds. The van der Waals surface area contributed by atoms with Crippen molar-refractivity contribution in [3.05, 3.63) is 65.2 Å². The van der Waals surface area contributed by atoms with Gasteiger partial charge in [0.25, 0.3) is 5.91 Å². The van der Waals surface area contributed by atoms with Crippen LogP contribution >= 0.6 is 0 Å². The highest BCUT2D eigenvalue weighted by atomic mass is 16.5. The minimum absolute atomic E-state index is 0.0173. The molecule has 2 N–H and O–H groups in total. The number of phenols is 1. The molecule has 2 aromatic carbocycles. The summed E-state index contributed by atoms with van der Waals surface area (Å²) in [5.74, 6) is -0.977. The Bertz CT molecular complexity index is 758. The average Bonchev–Trinajstić information content (AvgIpc) is 2.64. The number of aryl methyl sites for hydroxylation is 1. The van der Waals surface area contributed by atoms with Gasteiger partial charge in [-0.2, -0.15) is 0 Å². The van der Waals surface area contributed by atoms with Gasteiger partial charge < -0.3 is 15.2 Å². The molecule has 0 saturated carbocycles. The number of esters is 1. The number of carbonyl (C=O) groups excluding carboxylic acids is 2. The molecule has 0 aliphatic rings. The minimum atomic E-state index is -0.936. The third-order valence-corrected chi connectivity index (χ3v) is 4.19. The van der Waals surface area contributed by atoms with Crippen LogP contribution in [0.1, 0.15) is 54.2 Å². The topological polar surface area (TPSA) is 75.6 Å². The van der Waals surface area contributed by atoms with Crippen molar-refractivity contribution in [2.45, 2.75) is 45.8 Å². The molecule has 2 rings (SSSR count). The lowest BCUT2D eigenvalue weighted by atomic mass is 10.0. The molecular formula is C21H25NO4. The molecule has 0 aliphatic carbocycles. The smallest absolute Gasteiger partial charge is 0.339 e. The fraction of sp³-hybridized carbons (Fsp3) is 0.333. The first-order valence-corrected chi connectivity index (χ1v) is 8.78.